The minimum Gasteiger partial charge on any atom is -0.392 e. The van der Waals surface area contributed by atoms with E-state index >= 15 is 0 Å². The van der Waals surface area contributed by atoms with E-state index in [1.165, 1.54) is 0 Å². The summed E-state index contributed by atoms with van der Waals surface area (Å²) in [6.07, 6.45) is 1.03. The largest absolute Gasteiger partial charge is 0.392 e. The van der Waals surface area contributed by atoms with E-state index in [2.05, 4.69) is 9.80 Å². The van der Waals surface area contributed by atoms with Gasteiger partial charge >= 0.3 is 0 Å². The third kappa shape index (κ3) is 7.22. The van der Waals surface area contributed by atoms with Crippen LogP contribution in [0.1, 0.15) is 26.7 Å². The van der Waals surface area contributed by atoms with Gasteiger partial charge in [0.05, 0.1) is 12.2 Å². The number of ether oxygens (including phenoxy) is 1. The Morgan fingerprint density at radius 3 is 1.95 bits per heavy atom. The molecule has 0 radical (unpaired) electrons. The molecule has 0 bridgehead atoms. The third-order valence-electron chi connectivity index (χ3n) is 3.67. The lowest BCUT2D eigenvalue weighted by molar-refractivity contribution is 0.0337. The van der Waals surface area contributed by atoms with Gasteiger partial charge in [0, 0.05) is 52.5 Å². The number of nitrogens with zero attached hydrogens (tertiary/aromatic N) is 2. The number of aliphatic hydroxyl groups excluding tert-OH is 2. The van der Waals surface area contributed by atoms with Crippen molar-refractivity contribution in [3.8, 4) is 0 Å². The second-order valence-corrected chi connectivity index (χ2v) is 5.30. The van der Waals surface area contributed by atoms with Crippen LogP contribution in [0.4, 0.5) is 0 Å². The van der Waals surface area contributed by atoms with Crippen LogP contribution in [0.2, 0.25) is 0 Å². The summed E-state index contributed by atoms with van der Waals surface area (Å²) in [7, 11) is 0. The van der Waals surface area contributed by atoms with E-state index in [4.69, 9.17) is 4.74 Å². The Hall–Kier alpha value is -0.200. The molecule has 5 heteroatoms. The van der Waals surface area contributed by atoms with E-state index in [1.807, 2.05) is 13.8 Å². The molecule has 1 fully saturated rings. The first-order valence-electron chi connectivity index (χ1n) is 7.54. The highest BCUT2D eigenvalue weighted by atomic mass is 16.5. The van der Waals surface area contributed by atoms with Crippen molar-refractivity contribution >= 4 is 0 Å². The molecule has 0 saturated carbocycles. The van der Waals surface area contributed by atoms with Gasteiger partial charge in [-0.1, -0.05) is 6.92 Å². The normalized spacial score (nSPS) is 21.5. The van der Waals surface area contributed by atoms with Crippen LogP contribution < -0.4 is 0 Å². The van der Waals surface area contributed by atoms with Gasteiger partial charge in [-0.25, -0.2) is 0 Å². The fraction of sp³-hybridized carbons (Fsp3) is 1.00. The summed E-state index contributed by atoms with van der Waals surface area (Å²) < 4.78 is 5.25. The molecular weight excluding hydrogens is 244 g/mol. The Morgan fingerprint density at radius 2 is 1.47 bits per heavy atom. The fourth-order valence-corrected chi connectivity index (χ4v) is 2.33. The average molecular weight is 274 g/mol. The van der Waals surface area contributed by atoms with Gasteiger partial charge in [0.15, 0.2) is 0 Å². The van der Waals surface area contributed by atoms with Crippen LogP contribution in [0.5, 0.6) is 0 Å². The van der Waals surface area contributed by atoms with Crippen molar-refractivity contribution in [3.63, 3.8) is 0 Å². The molecule has 1 aliphatic rings. The van der Waals surface area contributed by atoms with Gasteiger partial charge in [-0.3, -0.25) is 9.80 Å². The van der Waals surface area contributed by atoms with Gasteiger partial charge in [-0.15, -0.1) is 0 Å². The van der Waals surface area contributed by atoms with Crippen molar-refractivity contribution < 1.29 is 14.9 Å². The number of β-amino-alcohol motifs (C(OH)–C–C–N with tert-alkyl or cyclic N) is 2. The fourth-order valence-electron chi connectivity index (χ4n) is 2.33. The average Bonchev–Trinajstić information content (AvgIpc) is 2.41. The molecule has 2 atom stereocenters. The maximum Gasteiger partial charge on any atom is 0.0689 e. The summed E-state index contributed by atoms with van der Waals surface area (Å²) >= 11 is 0. The molecule has 0 aromatic heterocycles. The monoisotopic (exact) mass is 274 g/mol. The van der Waals surface area contributed by atoms with E-state index in [1.54, 1.807) is 0 Å². The zero-order valence-corrected chi connectivity index (χ0v) is 12.4. The summed E-state index contributed by atoms with van der Waals surface area (Å²) in [4.78, 5) is 4.60. The molecule has 114 valence electrons. The number of piperazine rings is 1. The number of aliphatic hydroxyl groups is 2. The minimum atomic E-state index is -0.292. The summed E-state index contributed by atoms with van der Waals surface area (Å²) in [6.45, 7) is 10.8. The van der Waals surface area contributed by atoms with Gasteiger partial charge in [0.1, 0.15) is 0 Å². The molecular formula is C14H30N2O3. The highest BCUT2D eigenvalue weighted by Crippen LogP contribution is 2.06. The Kier molecular flexibility index (Phi) is 8.57. The van der Waals surface area contributed by atoms with E-state index in [-0.39, 0.29) is 12.2 Å². The van der Waals surface area contributed by atoms with Crippen LogP contribution in [0.15, 0.2) is 0 Å². The zero-order valence-electron chi connectivity index (χ0n) is 12.4. The Bertz CT molecular complexity index is 221. The maximum atomic E-state index is 9.90. The number of hydrogen-bond donors (Lipinski definition) is 2. The molecule has 0 aromatic carbocycles. The lowest BCUT2D eigenvalue weighted by Gasteiger charge is -2.36. The van der Waals surface area contributed by atoms with Crippen LogP contribution in [-0.4, -0.2) is 84.7 Å². The second kappa shape index (κ2) is 9.66. The Morgan fingerprint density at radius 1 is 0.947 bits per heavy atom. The standard InChI is InChI=1S/C14H30N2O3/c1-3-13(17)11-15-6-8-16(9-7-15)12-14(18)5-10-19-4-2/h13-14,17-18H,3-12H2,1-2H3/t13-,14-/m0/s1. The minimum absolute atomic E-state index is 0.205. The topological polar surface area (TPSA) is 56.2 Å². The molecule has 2 N–H and O–H groups in total. The van der Waals surface area contributed by atoms with E-state index < -0.39 is 0 Å². The van der Waals surface area contributed by atoms with Crippen LogP contribution in [0.3, 0.4) is 0 Å². The van der Waals surface area contributed by atoms with Gasteiger partial charge in [-0.2, -0.15) is 0 Å². The second-order valence-electron chi connectivity index (χ2n) is 5.30. The van der Waals surface area contributed by atoms with Crippen molar-refractivity contribution in [1.82, 2.24) is 9.80 Å². The predicted molar refractivity (Wildman–Crippen MR) is 76.3 cm³/mol. The van der Waals surface area contributed by atoms with Crippen molar-refractivity contribution in [1.29, 1.82) is 0 Å². The van der Waals surface area contributed by atoms with Crippen molar-refractivity contribution in [2.75, 3.05) is 52.5 Å². The number of hydrogen-bond acceptors (Lipinski definition) is 5. The van der Waals surface area contributed by atoms with Crippen molar-refractivity contribution in [3.05, 3.63) is 0 Å². The predicted octanol–water partition coefficient (Wildman–Crippen LogP) is 0.162. The molecule has 19 heavy (non-hydrogen) atoms. The summed E-state index contributed by atoms with van der Waals surface area (Å²) in [5, 5.41) is 19.5. The van der Waals surface area contributed by atoms with Crippen LogP contribution in [0.25, 0.3) is 0 Å². The van der Waals surface area contributed by atoms with E-state index in [0.717, 1.165) is 45.7 Å². The van der Waals surface area contributed by atoms with Gasteiger partial charge in [0.25, 0.3) is 0 Å². The first-order chi connectivity index (χ1) is 9.15. The van der Waals surface area contributed by atoms with Gasteiger partial charge < -0.3 is 14.9 Å². The number of rotatable bonds is 9. The summed E-state index contributed by atoms with van der Waals surface area (Å²) in [5.74, 6) is 0. The first kappa shape index (κ1) is 16.9. The summed E-state index contributed by atoms with van der Waals surface area (Å²) in [6, 6.07) is 0. The van der Waals surface area contributed by atoms with Gasteiger partial charge in [0.2, 0.25) is 0 Å². The molecule has 1 heterocycles. The SMILES string of the molecule is CCOCC[C@H](O)CN1CCN(C[C@@H](O)CC)CC1. The van der Waals surface area contributed by atoms with Gasteiger partial charge in [-0.05, 0) is 19.8 Å². The molecule has 1 aliphatic heterocycles. The highest BCUT2D eigenvalue weighted by Gasteiger charge is 2.20. The maximum absolute atomic E-state index is 9.90. The molecule has 0 aromatic rings. The molecule has 0 spiro atoms. The molecule has 0 aliphatic carbocycles. The lowest BCUT2D eigenvalue weighted by atomic mass is 10.2. The van der Waals surface area contributed by atoms with E-state index in [0.29, 0.717) is 19.6 Å². The van der Waals surface area contributed by atoms with Crippen molar-refractivity contribution in [2.24, 2.45) is 0 Å². The van der Waals surface area contributed by atoms with Crippen molar-refractivity contribution in [2.45, 2.75) is 38.9 Å². The molecule has 5 nitrogen and oxygen atoms in total. The van der Waals surface area contributed by atoms with Crippen LogP contribution >= 0.6 is 0 Å². The van der Waals surface area contributed by atoms with Crippen LogP contribution in [0, 0.1) is 0 Å². The first-order valence-corrected chi connectivity index (χ1v) is 7.54. The lowest BCUT2D eigenvalue weighted by Crippen LogP contribution is -2.50. The highest BCUT2D eigenvalue weighted by molar-refractivity contribution is 4.75. The van der Waals surface area contributed by atoms with E-state index in [9.17, 15) is 10.2 Å². The molecule has 0 unspecified atom stereocenters. The molecule has 1 rings (SSSR count). The molecule has 1 saturated heterocycles. The Labute approximate surface area is 117 Å². The zero-order chi connectivity index (χ0) is 14.1. The smallest absolute Gasteiger partial charge is 0.0689 e. The van der Waals surface area contributed by atoms with Crippen LogP contribution in [-0.2, 0) is 4.74 Å². The Balaban J connectivity index is 2.12. The molecule has 0 amide bonds. The summed E-state index contributed by atoms with van der Waals surface area (Å²) in [5.41, 5.74) is 0. The third-order valence-corrected chi connectivity index (χ3v) is 3.67. The quantitative estimate of drug-likeness (QED) is 0.587.